The summed E-state index contributed by atoms with van der Waals surface area (Å²) in [6.45, 7) is 1.68. The smallest absolute Gasteiger partial charge is 0.278 e. The summed E-state index contributed by atoms with van der Waals surface area (Å²) in [7, 11) is 0. The highest BCUT2D eigenvalue weighted by molar-refractivity contribution is 6.04. The first-order valence-corrected chi connectivity index (χ1v) is 5.29. The summed E-state index contributed by atoms with van der Waals surface area (Å²) in [6.07, 6.45) is 1.41. The van der Waals surface area contributed by atoms with Crippen molar-refractivity contribution in [1.82, 2.24) is 4.98 Å². The Kier molecular flexibility index (Phi) is 3.23. The van der Waals surface area contributed by atoms with E-state index < -0.39 is 5.91 Å². The van der Waals surface area contributed by atoms with Crippen LogP contribution < -0.4 is 5.32 Å². The van der Waals surface area contributed by atoms with Crippen molar-refractivity contribution in [2.75, 3.05) is 5.32 Å². The van der Waals surface area contributed by atoms with Crippen molar-refractivity contribution in [2.24, 2.45) is 0 Å². The summed E-state index contributed by atoms with van der Waals surface area (Å²) in [4.78, 5) is 15.6. The summed E-state index contributed by atoms with van der Waals surface area (Å²) in [5, 5.41) is 12.1. The van der Waals surface area contributed by atoms with Crippen LogP contribution in [0.1, 0.15) is 16.1 Å². The molecular weight excluding hydrogens is 235 g/mol. The molecule has 92 valence electrons. The molecule has 0 saturated heterocycles. The summed E-state index contributed by atoms with van der Waals surface area (Å²) >= 11 is 0. The minimum absolute atomic E-state index is 0.0683. The van der Waals surface area contributed by atoms with Gasteiger partial charge in [-0.2, -0.15) is 0 Å². The average Bonchev–Trinajstić information content (AvgIpc) is 2.33. The van der Waals surface area contributed by atoms with Crippen LogP contribution in [0.5, 0.6) is 5.75 Å². The normalized spacial score (nSPS) is 10.1. The highest BCUT2D eigenvalue weighted by Gasteiger charge is 2.13. The minimum atomic E-state index is -0.539. The number of hydrogen-bond acceptors (Lipinski definition) is 3. The first-order chi connectivity index (χ1) is 8.58. The van der Waals surface area contributed by atoms with E-state index in [0.717, 1.165) is 0 Å². The second-order valence-corrected chi connectivity index (χ2v) is 3.78. The summed E-state index contributed by atoms with van der Waals surface area (Å²) in [6, 6.07) is 6.92. The number of benzene rings is 1. The van der Waals surface area contributed by atoms with Gasteiger partial charge < -0.3 is 10.4 Å². The lowest BCUT2D eigenvalue weighted by Gasteiger charge is -2.08. The monoisotopic (exact) mass is 246 g/mol. The fraction of sp³-hybridized carbons (Fsp3) is 0.0769. The number of rotatable bonds is 2. The molecule has 0 spiro atoms. The lowest BCUT2D eigenvalue weighted by atomic mass is 10.2. The SMILES string of the molecule is Cc1cc(F)ccc1NC(=O)c1ncccc1O. The fourth-order valence-electron chi connectivity index (χ4n) is 1.52. The zero-order valence-corrected chi connectivity index (χ0v) is 9.64. The first-order valence-electron chi connectivity index (χ1n) is 5.29. The van der Waals surface area contributed by atoms with Gasteiger partial charge in [-0.1, -0.05) is 0 Å². The maximum Gasteiger partial charge on any atom is 0.278 e. The molecule has 0 saturated carbocycles. The van der Waals surface area contributed by atoms with Gasteiger partial charge in [-0.15, -0.1) is 0 Å². The van der Waals surface area contributed by atoms with E-state index in [1.165, 1.54) is 36.5 Å². The average molecular weight is 246 g/mol. The van der Waals surface area contributed by atoms with Crippen molar-refractivity contribution in [3.05, 3.63) is 53.6 Å². The second-order valence-electron chi connectivity index (χ2n) is 3.78. The number of hydrogen-bond donors (Lipinski definition) is 2. The van der Waals surface area contributed by atoms with Crippen molar-refractivity contribution < 1.29 is 14.3 Å². The quantitative estimate of drug-likeness (QED) is 0.855. The van der Waals surface area contributed by atoms with E-state index in [4.69, 9.17) is 0 Å². The Bertz CT molecular complexity index is 599. The summed E-state index contributed by atoms with van der Waals surface area (Å²) in [5.41, 5.74) is 1.01. The Hall–Kier alpha value is -2.43. The number of nitrogens with zero attached hydrogens (tertiary/aromatic N) is 1. The Labute approximate surface area is 103 Å². The molecule has 2 rings (SSSR count). The molecule has 18 heavy (non-hydrogen) atoms. The lowest BCUT2D eigenvalue weighted by Crippen LogP contribution is -2.14. The number of pyridine rings is 1. The molecule has 2 aromatic rings. The van der Waals surface area contributed by atoms with Crippen molar-refractivity contribution in [3.63, 3.8) is 0 Å². The molecule has 0 unspecified atom stereocenters. The van der Waals surface area contributed by atoms with Gasteiger partial charge in [0, 0.05) is 11.9 Å². The predicted molar refractivity (Wildman–Crippen MR) is 65.0 cm³/mol. The fourth-order valence-corrected chi connectivity index (χ4v) is 1.52. The van der Waals surface area contributed by atoms with Crippen LogP contribution in [0.3, 0.4) is 0 Å². The van der Waals surface area contributed by atoms with E-state index in [-0.39, 0.29) is 17.3 Å². The molecule has 0 bridgehead atoms. The molecule has 0 aliphatic heterocycles. The first kappa shape index (κ1) is 12.0. The van der Waals surface area contributed by atoms with Crippen LogP contribution in [-0.4, -0.2) is 16.0 Å². The Balaban J connectivity index is 2.24. The van der Waals surface area contributed by atoms with Gasteiger partial charge in [0.25, 0.3) is 5.91 Å². The Morgan fingerprint density at radius 2 is 2.17 bits per heavy atom. The van der Waals surface area contributed by atoms with Crippen molar-refractivity contribution >= 4 is 11.6 Å². The molecule has 1 aromatic carbocycles. The number of halogens is 1. The molecule has 0 fully saturated rings. The van der Waals surface area contributed by atoms with E-state index in [1.807, 2.05) is 0 Å². The Morgan fingerprint density at radius 1 is 1.39 bits per heavy atom. The van der Waals surface area contributed by atoms with Gasteiger partial charge in [0.05, 0.1) is 0 Å². The minimum Gasteiger partial charge on any atom is -0.505 e. The maximum atomic E-state index is 12.9. The molecular formula is C13H11FN2O2. The number of aromatic hydroxyl groups is 1. The van der Waals surface area contributed by atoms with Crippen LogP contribution >= 0.6 is 0 Å². The summed E-state index contributed by atoms with van der Waals surface area (Å²) < 4.78 is 12.9. The number of nitrogens with one attached hydrogen (secondary N) is 1. The van der Waals surface area contributed by atoms with Gasteiger partial charge in [0.15, 0.2) is 5.69 Å². The molecule has 0 radical (unpaired) electrons. The molecule has 5 heteroatoms. The molecule has 4 nitrogen and oxygen atoms in total. The zero-order valence-electron chi connectivity index (χ0n) is 9.64. The van der Waals surface area contributed by atoms with Crippen LogP contribution in [0.15, 0.2) is 36.5 Å². The lowest BCUT2D eigenvalue weighted by molar-refractivity contribution is 0.101. The number of aromatic nitrogens is 1. The highest BCUT2D eigenvalue weighted by atomic mass is 19.1. The van der Waals surface area contributed by atoms with Gasteiger partial charge in [-0.05, 0) is 42.8 Å². The zero-order chi connectivity index (χ0) is 13.1. The number of aryl methyl sites for hydroxylation is 1. The molecule has 1 amide bonds. The summed E-state index contributed by atoms with van der Waals surface area (Å²) in [5.74, 6) is -1.11. The van der Waals surface area contributed by atoms with Gasteiger partial charge in [0.2, 0.25) is 0 Å². The van der Waals surface area contributed by atoms with Gasteiger partial charge in [-0.3, -0.25) is 4.79 Å². The van der Waals surface area contributed by atoms with Crippen molar-refractivity contribution in [3.8, 4) is 5.75 Å². The largest absolute Gasteiger partial charge is 0.505 e. The third-order valence-electron chi connectivity index (χ3n) is 2.44. The van der Waals surface area contributed by atoms with Crippen LogP contribution in [0.25, 0.3) is 0 Å². The maximum absolute atomic E-state index is 12.9. The van der Waals surface area contributed by atoms with Crippen LogP contribution in [-0.2, 0) is 0 Å². The topological polar surface area (TPSA) is 62.2 Å². The van der Waals surface area contributed by atoms with Gasteiger partial charge in [-0.25, -0.2) is 9.37 Å². The second kappa shape index (κ2) is 4.83. The third kappa shape index (κ3) is 2.45. The molecule has 0 aliphatic rings. The number of carbonyl (C=O) groups excluding carboxylic acids is 1. The molecule has 2 N–H and O–H groups in total. The molecule has 0 atom stereocenters. The van der Waals surface area contributed by atoms with Gasteiger partial charge in [0.1, 0.15) is 11.6 Å². The van der Waals surface area contributed by atoms with Gasteiger partial charge >= 0.3 is 0 Å². The highest BCUT2D eigenvalue weighted by Crippen LogP contribution is 2.19. The third-order valence-corrected chi connectivity index (χ3v) is 2.44. The number of amides is 1. The number of carbonyl (C=O) groups is 1. The standard InChI is InChI=1S/C13H11FN2O2/c1-8-7-9(14)4-5-10(8)16-13(18)12-11(17)3-2-6-15-12/h2-7,17H,1H3,(H,16,18). The van der Waals surface area contributed by atoms with Crippen LogP contribution in [0.2, 0.25) is 0 Å². The molecule has 1 heterocycles. The predicted octanol–water partition coefficient (Wildman–Crippen LogP) is 2.49. The number of anilines is 1. The van der Waals surface area contributed by atoms with E-state index in [9.17, 15) is 14.3 Å². The van der Waals surface area contributed by atoms with Crippen molar-refractivity contribution in [2.45, 2.75) is 6.92 Å². The van der Waals surface area contributed by atoms with Crippen molar-refractivity contribution in [1.29, 1.82) is 0 Å². The van der Waals surface area contributed by atoms with E-state index in [0.29, 0.717) is 11.3 Å². The molecule has 0 aliphatic carbocycles. The molecule has 1 aromatic heterocycles. The van der Waals surface area contributed by atoms with Crippen LogP contribution in [0, 0.1) is 12.7 Å². The van der Waals surface area contributed by atoms with E-state index in [2.05, 4.69) is 10.3 Å². The van der Waals surface area contributed by atoms with E-state index >= 15 is 0 Å². The van der Waals surface area contributed by atoms with E-state index in [1.54, 1.807) is 6.92 Å². The Morgan fingerprint density at radius 3 is 2.83 bits per heavy atom. The van der Waals surface area contributed by atoms with Crippen LogP contribution in [0.4, 0.5) is 10.1 Å².